The second kappa shape index (κ2) is 6.12. The Balaban J connectivity index is 1.26. The molecule has 0 aromatic heterocycles. The van der Waals surface area contributed by atoms with E-state index in [1.54, 1.807) is 24.3 Å². The molecule has 5 aliphatic rings. The maximum Gasteiger partial charge on any atom is 0.313 e. The summed E-state index contributed by atoms with van der Waals surface area (Å²) < 4.78 is 5.31. The van der Waals surface area contributed by atoms with Crippen LogP contribution >= 0.6 is 0 Å². The average Bonchev–Trinajstić information content (AvgIpc) is 3.46. The van der Waals surface area contributed by atoms with Gasteiger partial charge in [-0.2, -0.15) is 0 Å². The molecular formula is C22H21NO5. The Bertz CT molecular complexity index is 899. The monoisotopic (exact) mass is 379 g/mol. The van der Waals surface area contributed by atoms with Gasteiger partial charge in [0, 0.05) is 6.54 Å². The van der Waals surface area contributed by atoms with Gasteiger partial charge in [0.25, 0.3) is 0 Å². The van der Waals surface area contributed by atoms with Crippen LogP contribution in [0.5, 0.6) is 5.75 Å². The molecule has 6 nitrogen and oxygen atoms in total. The van der Waals surface area contributed by atoms with Gasteiger partial charge in [0.05, 0.1) is 23.8 Å². The molecular weight excluding hydrogens is 358 g/mol. The van der Waals surface area contributed by atoms with Gasteiger partial charge in [0.2, 0.25) is 11.8 Å². The number of hydrogen-bond donors (Lipinski definition) is 0. The van der Waals surface area contributed by atoms with Crippen molar-refractivity contribution >= 4 is 23.6 Å². The first kappa shape index (κ1) is 17.3. The third kappa shape index (κ3) is 2.47. The lowest BCUT2D eigenvalue weighted by atomic mass is 9.63. The minimum Gasteiger partial charge on any atom is -0.426 e. The number of amides is 2. The lowest BCUT2D eigenvalue weighted by Gasteiger charge is -2.37. The second-order valence-electron chi connectivity index (χ2n) is 8.26. The summed E-state index contributed by atoms with van der Waals surface area (Å²) in [4.78, 5) is 51.0. The van der Waals surface area contributed by atoms with Crippen LogP contribution in [0.15, 0.2) is 36.4 Å². The zero-order valence-electron chi connectivity index (χ0n) is 15.5. The number of likely N-dealkylation sites (tertiary alicyclic amines) is 1. The Morgan fingerprint density at radius 2 is 1.64 bits per heavy atom. The molecule has 4 aliphatic carbocycles. The van der Waals surface area contributed by atoms with Gasteiger partial charge >= 0.3 is 5.97 Å². The fourth-order valence-corrected chi connectivity index (χ4v) is 5.46. The topological polar surface area (TPSA) is 80.8 Å². The number of allylic oxidation sites excluding steroid dienone is 2. The fourth-order valence-electron chi connectivity index (χ4n) is 5.46. The highest BCUT2D eigenvalue weighted by Crippen LogP contribution is 2.65. The highest BCUT2D eigenvalue weighted by atomic mass is 16.5. The lowest BCUT2D eigenvalue weighted by Crippen LogP contribution is -2.40. The van der Waals surface area contributed by atoms with Crippen LogP contribution in [-0.4, -0.2) is 35.0 Å². The highest BCUT2D eigenvalue weighted by Gasteiger charge is 2.66. The van der Waals surface area contributed by atoms with Crippen molar-refractivity contribution in [2.45, 2.75) is 19.8 Å². The molecule has 0 radical (unpaired) electrons. The van der Waals surface area contributed by atoms with Crippen molar-refractivity contribution in [3.05, 3.63) is 42.0 Å². The van der Waals surface area contributed by atoms with Gasteiger partial charge in [-0.1, -0.05) is 24.3 Å². The van der Waals surface area contributed by atoms with Gasteiger partial charge in [-0.05, 0) is 49.1 Å². The number of nitrogens with zero attached hydrogens (tertiary/aromatic N) is 1. The molecule has 6 heteroatoms. The molecule has 0 spiro atoms. The van der Waals surface area contributed by atoms with Gasteiger partial charge in [-0.3, -0.25) is 24.1 Å². The van der Waals surface area contributed by atoms with Crippen LogP contribution in [0.25, 0.3) is 0 Å². The first-order valence-corrected chi connectivity index (χ1v) is 9.81. The Morgan fingerprint density at radius 3 is 2.25 bits per heavy atom. The maximum absolute atomic E-state index is 12.9. The van der Waals surface area contributed by atoms with E-state index in [2.05, 4.69) is 12.2 Å². The number of benzene rings is 1. The number of rotatable bonds is 5. The Morgan fingerprint density at radius 1 is 1.04 bits per heavy atom. The van der Waals surface area contributed by atoms with Crippen molar-refractivity contribution in [1.82, 2.24) is 4.90 Å². The summed E-state index contributed by atoms with van der Waals surface area (Å²) in [7, 11) is 0. The molecule has 144 valence electrons. The first-order valence-electron chi connectivity index (χ1n) is 9.81. The average molecular weight is 379 g/mol. The summed E-state index contributed by atoms with van der Waals surface area (Å²) in [6.45, 7) is 1.43. The van der Waals surface area contributed by atoms with Crippen LogP contribution in [0.3, 0.4) is 0 Å². The quantitative estimate of drug-likeness (QED) is 0.258. The van der Waals surface area contributed by atoms with Crippen molar-refractivity contribution in [3.8, 4) is 5.75 Å². The van der Waals surface area contributed by atoms with E-state index in [0.29, 0.717) is 17.4 Å². The van der Waals surface area contributed by atoms with E-state index < -0.39 is 5.97 Å². The maximum atomic E-state index is 12.9. The number of para-hydroxylation sites is 1. The molecule has 3 fully saturated rings. The third-order valence-corrected chi connectivity index (χ3v) is 6.78. The van der Waals surface area contributed by atoms with E-state index in [1.165, 1.54) is 11.8 Å². The number of Topliss-reactive ketones (excluding diaryl/α,β-unsaturated/α-hetero) is 1. The smallest absolute Gasteiger partial charge is 0.313 e. The number of imide groups is 1. The minimum atomic E-state index is -0.562. The van der Waals surface area contributed by atoms with Crippen LogP contribution in [0.2, 0.25) is 0 Å². The molecule has 1 saturated heterocycles. The Labute approximate surface area is 162 Å². The van der Waals surface area contributed by atoms with Crippen molar-refractivity contribution in [2.75, 3.05) is 6.54 Å². The number of esters is 1. The summed E-state index contributed by atoms with van der Waals surface area (Å²) in [5.74, 6) is 0.130. The number of hydrogen-bond acceptors (Lipinski definition) is 5. The van der Waals surface area contributed by atoms with E-state index in [9.17, 15) is 19.2 Å². The van der Waals surface area contributed by atoms with Gasteiger partial charge < -0.3 is 4.74 Å². The zero-order chi connectivity index (χ0) is 19.6. The van der Waals surface area contributed by atoms with Crippen LogP contribution in [-0.2, 0) is 14.4 Å². The molecule has 1 aliphatic heterocycles. The SMILES string of the molecule is CC(=O)c1ccccc1OC(=O)CCN1C(=O)[C@@H]2[C@@H]3C=C[C@H]([C@H]4C[C@H]34)[C@@H]2C1=O. The number of carbonyl (C=O) groups is 4. The molecule has 1 heterocycles. The fraction of sp³-hybridized carbons (Fsp3) is 0.455. The van der Waals surface area contributed by atoms with Crippen LogP contribution in [0.1, 0.15) is 30.1 Å². The molecule has 0 N–H and O–H groups in total. The molecule has 2 saturated carbocycles. The summed E-state index contributed by atoms with van der Waals surface area (Å²) in [5.41, 5.74) is 0.331. The number of carbonyl (C=O) groups excluding carboxylic acids is 4. The summed E-state index contributed by atoms with van der Waals surface area (Å²) in [5, 5.41) is 0. The third-order valence-electron chi connectivity index (χ3n) is 6.78. The van der Waals surface area contributed by atoms with Crippen LogP contribution < -0.4 is 4.74 Å². The van der Waals surface area contributed by atoms with E-state index >= 15 is 0 Å². The number of ketones is 1. The molecule has 2 amide bonds. The van der Waals surface area contributed by atoms with E-state index in [-0.39, 0.29) is 60.0 Å². The van der Waals surface area contributed by atoms with Gasteiger partial charge in [0.15, 0.2) is 5.78 Å². The summed E-state index contributed by atoms with van der Waals surface area (Å²) >= 11 is 0. The lowest BCUT2D eigenvalue weighted by molar-refractivity contribution is -0.141. The molecule has 0 unspecified atom stereocenters. The van der Waals surface area contributed by atoms with Gasteiger partial charge in [0.1, 0.15) is 5.75 Å². The highest BCUT2D eigenvalue weighted by molar-refractivity contribution is 6.06. The van der Waals surface area contributed by atoms with Crippen LogP contribution in [0.4, 0.5) is 0 Å². The normalized spacial score (nSPS) is 34.2. The van der Waals surface area contributed by atoms with Gasteiger partial charge in [-0.25, -0.2) is 0 Å². The van der Waals surface area contributed by atoms with E-state index in [0.717, 1.165) is 6.42 Å². The van der Waals surface area contributed by atoms with Crippen LogP contribution in [0, 0.1) is 35.5 Å². The van der Waals surface area contributed by atoms with E-state index in [1.807, 2.05) is 0 Å². The molecule has 2 bridgehead atoms. The van der Waals surface area contributed by atoms with Crippen molar-refractivity contribution in [1.29, 1.82) is 0 Å². The molecule has 6 rings (SSSR count). The molecule has 28 heavy (non-hydrogen) atoms. The Hall–Kier alpha value is -2.76. The largest absolute Gasteiger partial charge is 0.426 e. The molecule has 1 aromatic rings. The van der Waals surface area contributed by atoms with Crippen molar-refractivity contribution in [2.24, 2.45) is 35.5 Å². The van der Waals surface area contributed by atoms with E-state index in [4.69, 9.17) is 4.74 Å². The second-order valence-corrected chi connectivity index (χ2v) is 8.26. The predicted molar refractivity (Wildman–Crippen MR) is 98.1 cm³/mol. The van der Waals surface area contributed by atoms with Gasteiger partial charge in [-0.15, -0.1) is 0 Å². The summed E-state index contributed by atoms with van der Waals surface area (Å²) in [6.07, 6.45) is 5.29. The summed E-state index contributed by atoms with van der Waals surface area (Å²) in [6, 6.07) is 6.54. The Kier molecular flexibility index (Phi) is 3.79. The zero-order valence-corrected chi connectivity index (χ0v) is 15.5. The van der Waals surface area contributed by atoms with Crippen molar-refractivity contribution in [3.63, 3.8) is 0 Å². The van der Waals surface area contributed by atoms with Crippen molar-refractivity contribution < 1.29 is 23.9 Å². The minimum absolute atomic E-state index is 0.0283. The molecule has 6 atom stereocenters. The predicted octanol–water partition coefficient (Wildman–Crippen LogP) is 2.24. The number of ether oxygens (including phenoxy) is 1. The first-order chi connectivity index (χ1) is 13.5. The standard InChI is InChI=1S/C22H21NO5/c1-11(24)12-4-2-3-5-17(12)28-18(25)8-9-23-21(26)19-13-6-7-14(16-10-15(13)16)20(19)22(23)27/h2-7,13-16,19-20H,8-10H2,1H3/t13-,14-,15-,16-,19-,20+/m1/s1. The molecule has 1 aromatic carbocycles.